The lowest BCUT2D eigenvalue weighted by Gasteiger charge is -2.65. The van der Waals surface area contributed by atoms with E-state index in [1.807, 2.05) is 40.7 Å². The molecule has 1 aromatic heterocycles. The Morgan fingerprint density at radius 2 is 1.88 bits per heavy atom. The van der Waals surface area contributed by atoms with Gasteiger partial charge in [-0.3, -0.25) is 19.2 Å². The summed E-state index contributed by atoms with van der Waals surface area (Å²) in [5, 5.41) is 0. The number of rotatable bonds is 6. The number of epoxide rings is 1. The topological polar surface area (TPSA) is 122 Å². The van der Waals surface area contributed by atoms with E-state index < -0.39 is 58.0 Å². The average Bonchev–Trinajstić information content (AvgIpc) is 3.39. The Kier molecular flexibility index (Phi) is 6.35. The van der Waals surface area contributed by atoms with Gasteiger partial charge in [-0.2, -0.15) is 0 Å². The van der Waals surface area contributed by atoms with Gasteiger partial charge in [-0.05, 0) is 31.2 Å². The van der Waals surface area contributed by atoms with Crippen LogP contribution in [0.2, 0.25) is 0 Å². The van der Waals surface area contributed by atoms with Crippen molar-refractivity contribution in [2.45, 2.75) is 97.6 Å². The summed E-state index contributed by atoms with van der Waals surface area (Å²) >= 11 is 0. The minimum atomic E-state index is -0.942. The van der Waals surface area contributed by atoms with Crippen LogP contribution in [-0.2, 0) is 38.1 Å². The van der Waals surface area contributed by atoms with Gasteiger partial charge in [-0.1, -0.05) is 41.5 Å². The van der Waals surface area contributed by atoms with Crippen molar-refractivity contribution in [1.82, 2.24) is 0 Å². The van der Waals surface area contributed by atoms with Gasteiger partial charge in [0.1, 0.15) is 29.7 Å². The molecule has 224 valence electrons. The fourth-order valence-electron chi connectivity index (χ4n) is 9.71. The number of cyclic esters (lactones) is 1. The predicted molar refractivity (Wildman–Crippen MR) is 144 cm³/mol. The number of carbonyl (C=O) groups excluding carboxylic acids is 4. The van der Waals surface area contributed by atoms with Gasteiger partial charge in [0.05, 0.1) is 37.9 Å². The molecule has 3 saturated carbocycles. The molecule has 1 aromatic rings. The molecule has 5 aliphatic rings. The lowest BCUT2D eigenvalue weighted by atomic mass is 9.37. The highest BCUT2D eigenvalue weighted by Crippen LogP contribution is 2.77. The largest absolute Gasteiger partial charge is 0.472 e. The Labute approximate surface area is 241 Å². The van der Waals surface area contributed by atoms with E-state index in [2.05, 4.69) is 6.92 Å². The highest BCUT2D eigenvalue weighted by molar-refractivity contribution is 5.93. The van der Waals surface area contributed by atoms with Crippen LogP contribution in [0.3, 0.4) is 0 Å². The SMILES string of the molecule is CC[C@@H](C)C(=O)O[C@@H]1[C@@H]2C(=O)[C@](C)([C@H]3CC[C@]4(C)[C@@H](CC(=O)O[C@H]4c4ccoc4)[C@]34O[C@H]24)[C@@H](CC(=O)OC)C1(C)C. The van der Waals surface area contributed by atoms with Crippen molar-refractivity contribution in [2.75, 3.05) is 7.11 Å². The van der Waals surface area contributed by atoms with Crippen LogP contribution in [0.25, 0.3) is 0 Å². The predicted octanol–water partition coefficient (Wildman–Crippen LogP) is 4.82. The number of methoxy groups -OCH3 is 1. The van der Waals surface area contributed by atoms with Gasteiger partial charge in [0.15, 0.2) is 0 Å². The van der Waals surface area contributed by atoms with Gasteiger partial charge >= 0.3 is 17.9 Å². The number of ketones is 1. The second kappa shape index (κ2) is 9.16. The fourth-order valence-corrected chi connectivity index (χ4v) is 9.71. The second-order valence-corrected chi connectivity index (χ2v) is 14.2. The van der Waals surface area contributed by atoms with Crippen LogP contribution in [-0.4, -0.2) is 48.6 Å². The Balaban J connectivity index is 1.48. The first-order chi connectivity index (χ1) is 19.3. The van der Waals surface area contributed by atoms with E-state index in [0.29, 0.717) is 19.3 Å². The molecule has 41 heavy (non-hydrogen) atoms. The molecule has 2 bridgehead atoms. The van der Waals surface area contributed by atoms with E-state index in [9.17, 15) is 19.2 Å². The zero-order valence-corrected chi connectivity index (χ0v) is 25.1. The molecule has 0 radical (unpaired) electrons. The summed E-state index contributed by atoms with van der Waals surface area (Å²) < 4.78 is 29.5. The van der Waals surface area contributed by atoms with Crippen LogP contribution in [0, 0.1) is 45.8 Å². The Hall–Kier alpha value is -2.68. The molecule has 9 heteroatoms. The summed E-state index contributed by atoms with van der Waals surface area (Å²) in [5.74, 6) is -2.99. The number of esters is 3. The molecule has 6 rings (SSSR count). The molecule has 0 amide bonds. The Morgan fingerprint density at radius 1 is 1.15 bits per heavy atom. The van der Waals surface area contributed by atoms with Gasteiger partial charge in [0, 0.05) is 40.1 Å². The van der Waals surface area contributed by atoms with E-state index in [-0.39, 0.29) is 48.3 Å². The smallest absolute Gasteiger partial charge is 0.308 e. The van der Waals surface area contributed by atoms with Crippen molar-refractivity contribution in [1.29, 1.82) is 0 Å². The summed E-state index contributed by atoms with van der Waals surface area (Å²) in [6, 6.07) is 1.83. The number of carbonyl (C=O) groups is 4. The van der Waals surface area contributed by atoms with Gasteiger partial charge in [-0.15, -0.1) is 0 Å². The van der Waals surface area contributed by atoms with E-state index in [1.54, 1.807) is 12.5 Å². The van der Waals surface area contributed by atoms with Crippen molar-refractivity contribution in [3.63, 3.8) is 0 Å². The molecule has 0 N–H and O–H groups in total. The zero-order valence-electron chi connectivity index (χ0n) is 25.1. The highest BCUT2D eigenvalue weighted by atomic mass is 16.6. The number of ether oxygens (including phenoxy) is 4. The summed E-state index contributed by atoms with van der Waals surface area (Å²) in [6.45, 7) is 11.9. The quantitative estimate of drug-likeness (QED) is 0.269. The Morgan fingerprint density at radius 3 is 2.51 bits per heavy atom. The van der Waals surface area contributed by atoms with Crippen LogP contribution in [0.15, 0.2) is 23.0 Å². The van der Waals surface area contributed by atoms with Gasteiger partial charge in [-0.25, -0.2) is 0 Å². The number of hydrogen-bond donors (Lipinski definition) is 0. The van der Waals surface area contributed by atoms with Gasteiger partial charge < -0.3 is 23.4 Å². The molecule has 5 fully saturated rings. The molecule has 11 atom stereocenters. The minimum absolute atomic E-state index is 0.0100. The zero-order chi connectivity index (χ0) is 29.7. The minimum Gasteiger partial charge on any atom is -0.472 e. The third-order valence-corrected chi connectivity index (χ3v) is 12.1. The van der Waals surface area contributed by atoms with E-state index in [1.165, 1.54) is 7.11 Å². The summed E-state index contributed by atoms with van der Waals surface area (Å²) in [6.07, 6.45) is 3.64. The van der Waals surface area contributed by atoms with Crippen LogP contribution >= 0.6 is 0 Å². The van der Waals surface area contributed by atoms with Gasteiger partial charge in [0.25, 0.3) is 0 Å². The average molecular weight is 571 g/mol. The monoisotopic (exact) mass is 570 g/mol. The van der Waals surface area contributed by atoms with Crippen LogP contribution in [0.5, 0.6) is 0 Å². The third kappa shape index (κ3) is 3.63. The summed E-state index contributed by atoms with van der Waals surface area (Å²) in [7, 11) is 1.35. The maximum atomic E-state index is 14.6. The van der Waals surface area contributed by atoms with E-state index in [4.69, 9.17) is 23.4 Å². The number of furan rings is 1. The Bertz CT molecular complexity index is 1270. The first-order valence-corrected chi connectivity index (χ1v) is 15.0. The maximum Gasteiger partial charge on any atom is 0.308 e. The standard InChI is InChI=1S/C32H42O9/c1-8-16(2)28(36)40-26-23-24(35)31(6,19(29(26,3)4)13-21(33)37-7)18-9-11-30(5)20(32(18)27(23)41-32)14-22(34)39-25(30)17-10-12-38-15-17/h10,12,15-16,18-20,23,25-27H,8-9,11,13-14H2,1-7H3/t16-,18-,19+,20-,23+,25+,26-,27-,30-,31-,32-/m1/s1. The molecule has 1 spiro atoms. The van der Waals surface area contributed by atoms with Crippen molar-refractivity contribution >= 4 is 23.7 Å². The van der Waals surface area contributed by atoms with Crippen LogP contribution in [0.4, 0.5) is 0 Å². The highest BCUT2D eigenvalue weighted by Gasteiger charge is 2.86. The molecular formula is C32H42O9. The molecule has 2 saturated heterocycles. The lowest BCUT2D eigenvalue weighted by Crippen LogP contribution is -2.72. The molecule has 9 nitrogen and oxygen atoms in total. The normalized spacial score (nSPS) is 44.4. The fraction of sp³-hybridized carbons (Fsp3) is 0.750. The lowest BCUT2D eigenvalue weighted by molar-refractivity contribution is -0.222. The second-order valence-electron chi connectivity index (χ2n) is 14.2. The molecular weight excluding hydrogens is 528 g/mol. The summed E-state index contributed by atoms with van der Waals surface area (Å²) in [4.78, 5) is 53.9. The van der Waals surface area contributed by atoms with Crippen LogP contribution in [0.1, 0.15) is 85.3 Å². The molecule has 2 aliphatic heterocycles. The van der Waals surface area contributed by atoms with E-state index in [0.717, 1.165) is 5.56 Å². The maximum absolute atomic E-state index is 14.6. The van der Waals surface area contributed by atoms with Crippen molar-refractivity contribution < 1.29 is 42.5 Å². The molecule has 0 aromatic carbocycles. The number of Topliss-reactive ketones (excluding diaryl/α,β-unsaturated/α-hetero) is 1. The third-order valence-electron chi connectivity index (χ3n) is 12.1. The first kappa shape index (κ1) is 28.4. The number of fused-ring (bicyclic) bond motifs is 5. The van der Waals surface area contributed by atoms with Crippen LogP contribution < -0.4 is 0 Å². The summed E-state index contributed by atoms with van der Waals surface area (Å²) in [5.41, 5.74) is -2.07. The van der Waals surface area contributed by atoms with E-state index >= 15 is 0 Å². The molecule has 3 aliphatic carbocycles. The van der Waals surface area contributed by atoms with Crippen molar-refractivity contribution in [3.8, 4) is 0 Å². The van der Waals surface area contributed by atoms with Crippen molar-refractivity contribution in [2.24, 2.45) is 45.8 Å². The molecule has 3 heterocycles. The van der Waals surface area contributed by atoms with Crippen molar-refractivity contribution in [3.05, 3.63) is 24.2 Å². The molecule has 0 unspecified atom stereocenters. The number of hydrogen-bond acceptors (Lipinski definition) is 9. The van der Waals surface area contributed by atoms with Gasteiger partial charge in [0.2, 0.25) is 0 Å². The first-order valence-electron chi connectivity index (χ1n) is 15.0.